The number of allylic oxidation sites excluding steroid dienone is 1. The number of alkyl carbamates (subject to hydrolysis) is 1. The molecule has 16 heavy (non-hydrogen) atoms. The summed E-state index contributed by atoms with van der Waals surface area (Å²) in [5.41, 5.74) is -0.732. The third kappa shape index (κ3) is 4.82. The quantitative estimate of drug-likeness (QED) is 0.722. The van der Waals surface area contributed by atoms with Crippen LogP contribution in [0.25, 0.3) is 0 Å². The second kappa shape index (κ2) is 4.55. The molecule has 2 N–H and O–H groups in total. The molecule has 0 saturated heterocycles. The first-order valence-corrected chi connectivity index (χ1v) is 5.23. The summed E-state index contributed by atoms with van der Waals surface area (Å²) in [6.07, 6.45) is 2.79. The summed E-state index contributed by atoms with van der Waals surface area (Å²) in [7, 11) is 0. The SMILES string of the molecule is CC(C)(C)OC(=O)N/C(=C/C1CC1)C(=O)O. The van der Waals surface area contributed by atoms with Crippen molar-refractivity contribution in [2.45, 2.75) is 39.2 Å². The Balaban J connectivity index is 2.55. The number of carbonyl (C=O) groups excluding carboxylic acids is 1. The van der Waals surface area contributed by atoms with Crippen molar-refractivity contribution in [1.82, 2.24) is 5.32 Å². The summed E-state index contributed by atoms with van der Waals surface area (Å²) in [6.45, 7) is 5.16. The van der Waals surface area contributed by atoms with Gasteiger partial charge in [-0.15, -0.1) is 0 Å². The molecule has 1 fully saturated rings. The van der Waals surface area contributed by atoms with Crippen molar-refractivity contribution in [3.05, 3.63) is 11.8 Å². The summed E-state index contributed by atoms with van der Waals surface area (Å²) in [5.74, 6) is -0.862. The van der Waals surface area contributed by atoms with Crippen LogP contribution in [0.15, 0.2) is 11.8 Å². The molecule has 1 saturated carbocycles. The predicted molar refractivity (Wildman–Crippen MR) is 57.8 cm³/mol. The number of hydrogen-bond donors (Lipinski definition) is 2. The van der Waals surface area contributed by atoms with E-state index in [1.54, 1.807) is 26.8 Å². The fourth-order valence-corrected chi connectivity index (χ4v) is 1.08. The van der Waals surface area contributed by atoms with Gasteiger partial charge >= 0.3 is 12.1 Å². The number of aliphatic carboxylic acids is 1. The average molecular weight is 227 g/mol. The molecule has 0 unspecified atom stereocenters. The van der Waals surface area contributed by atoms with Crippen molar-refractivity contribution in [3.8, 4) is 0 Å². The largest absolute Gasteiger partial charge is 0.477 e. The van der Waals surface area contributed by atoms with Gasteiger partial charge in [-0.25, -0.2) is 9.59 Å². The van der Waals surface area contributed by atoms with Gasteiger partial charge in [-0.05, 0) is 39.5 Å². The second-order valence-electron chi connectivity index (χ2n) is 4.85. The topological polar surface area (TPSA) is 75.6 Å². The molecular formula is C11H17NO4. The van der Waals surface area contributed by atoms with E-state index in [1.165, 1.54) is 0 Å². The predicted octanol–water partition coefficient (Wildman–Crippen LogP) is 1.89. The zero-order valence-corrected chi connectivity index (χ0v) is 9.74. The molecule has 0 spiro atoms. The van der Waals surface area contributed by atoms with E-state index >= 15 is 0 Å². The standard InChI is InChI=1S/C11H17NO4/c1-11(2,3)16-10(15)12-8(9(13)14)6-7-4-5-7/h6-7H,4-5H2,1-3H3,(H,12,15)(H,13,14)/b8-6+. The maximum absolute atomic E-state index is 11.3. The fraction of sp³-hybridized carbons (Fsp3) is 0.636. The first-order valence-electron chi connectivity index (χ1n) is 5.23. The van der Waals surface area contributed by atoms with Crippen LogP contribution in [0.3, 0.4) is 0 Å². The Morgan fingerprint density at radius 2 is 1.94 bits per heavy atom. The number of carboxylic acid groups (broad SMARTS) is 1. The van der Waals surface area contributed by atoms with E-state index in [4.69, 9.17) is 9.84 Å². The highest BCUT2D eigenvalue weighted by Crippen LogP contribution is 2.31. The number of rotatable bonds is 3. The van der Waals surface area contributed by atoms with Gasteiger partial charge in [-0.3, -0.25) is 5.32 Å². The minimum atomic E-state index is -1.14. The monoisotopic (exact) mass is 227 g/mol. The number of ether oxygens (including phenoxy) is 1. The Kier molecular flexibility index (Phi) is 3.57. The number of carboxylic acids is 1. The van der Waals surface area contributed by atoms with Gasteiger partial charge in [0.25, 0.3) is 0 Å². The van der Waals surface area contributed by atoms with Crippen LogP contribution < -0.4 is 5.32 Å². The van der Waals surface area contributed by atoms with Crippen LogP contribution in [-0.2, 0) is 9.53 Å². The van der Waals surface area contributed by atoms with Crippen LogP contribution in [-0.4, -0.2) is 22.8 Å². The fourth-order valence-electron chi connectivity index (χ4n) is 1.08. The lowest BCUT2D eigenvalue weighted by Crippen LogP contribution is -2.34. The van der Waals surface area contributed by atoms with Crippen molar-refractivity contribution in [2.24, 2.45) is 5.92 Å². The molecule has 1 rings (SSSR count). The zero-order valence-electron chi connectivity index (χ0n) is 9.74. The molecule has 0 aromatic carbocycles. The van der Waals surface area contributed by atoms with Crippen molar-refractivity contribution >= 4 is 12.1 Å². The lowest BCUT2D eigenvalue weighted by molar-refractivity contribution is -0.133. The summed E-state index contributed by atoms with van der Waals surface area (Å²) < 4.78 is 4.97. The van der Waals surface area contributed by atoms with Crippen molar-refractivity contribution in [1.29, 1.82) is 0 Å². The molecule has 0 radical (unpaired) electrons. The Bertz CT molecular complexity index is 323. The van der Waals surface area contributed by atoms with Crippen LogP contribution in [0.4, 0.5) is 4.79 Å². The van der Waals surface area contributed by atoms with Crippen molar-refractivity contribution < 1.29 is 19.4 Å². The summed E-state index contributed by atoms with van der Waals surface area (Å²) in [4.78, 5) is 22.2. The van der Waals surface area contributed by atoms with Gasteiger partial charge in [0.1, 0.15) is 11.3 Å². The summed E-state index contributed by atoms with van der Waals surface area (Å²) in [5, 5.41) is 11.1. The first-order chi connectivity index (χ1) is 7.28. The molecule has 1 aliphatic carbocycles. The third-order valence-electron chi connectivity index (χ3n) is 1.89. The second-order valence-corrected chi connectivity index (χ2v) is 4.85. The van der Waals surface area contributed by atoms with Gasteiger partial charge in [0.2, 0.25) is 0 Å². The Labute approximate surface area is 94.5 Å². The Morgan fingerprint density at radius 1 is 1.38 bits per heavy atom. The Hall–Kier alpha value is -1.52. The molecule has 0 aliphatic heterocycles. The first kappa shape index (κ1) is 12.5. The van der Waals surface area contributed by atoms with Gasteiger partial charge in [0.15, 0.2) is 0 Å². The van der Waals surface area contributed by atoms with Gasteiger partial charge in [-0.2, -0.15) is 0 Å². The third-order valence-corrected chi connectivity index (χ3v) is 1.89. The summed E-state index contributed by atoms with van der Waals surface area (Å²) >= 11 is 0. The van der Waals surface area contributed by atoms with Crippen molar-refractivity contribution in [2.75, 3.05) is 0 Å². The number of hydrogen-bond acceptors (Lipinski definition) is 3. The normalized spacial score (nSPS) is 16.8. The van der Waals surface area contributed by atoms with E-state index in [0.717, 1.165) is 12.8 Å². The highest BCUT2D eigenvalue weighted by atomic mass is 16.6. The maximum Gasteiger partial charge on any atom is 0.412 e. The molecule has 0 bridgehead atoms. The minimum absolute atomic E-state index is 0.100. The average Bonchev–Trinajstić information content (AvgIpc) is 2.82. The minimum Gasteiger partial charge on any atom is -0.477 e. The smallest absolute Gasteiger partial charge is 0.412 e. The molecule has 5 nitrogen and oxygen atoms in total. The van der Waals surface area contributed by atoms with Crippen LogP contribution in [0.1, 0.15) is 33.6 Å². The van der Waals surface area contributed by atoms with E-state index in [0.29, 0.717) is 0 Å². The highest BCUT2D eigenvalue weighted by molar-refractivity contribution is 5.90. The van der Waals surface area contributed by atoms with Crippen LogP contribution in [0, 0.1) is 5.92 Å². The van der Waals surface area contributed by atoms with Gasteiger partial charge in [-0.1, -0.05) is 6.08 Å². The molecule has 1 aliphatic rings. The van der Waals surface area contributed by atoms with E-state index in [1.807, 2.05) is 0 Å². The van der Waals surface area contributed by atoms with E-state index in [9.17, 15) is 9.59 Å². The van der Waals surface area contributed by atoms with Gasteiger partial charge in [0.05, 0.1) is 0 Å². The zero-order chi connectivity index (χ0) is 12.3. The lowest BCUT2D eigenvalue weighted by atomic mass is 10.2. The van der Waals surface area contributed by atoms with Crippen molar-refractivity contribution in [3.63, 3.8) is 0 Å². The van der Waals surface area contributed by atoms with Crippen LogP contribution in [0.2, 0.25) is 0 Å². The molecule has 0 atom stereocenters. The van der Waals surface area contributed by atoms with Crippen LogP contribution >= 0.6 is 0 Å². The number of nitrogens with one attached hydrogen (secondary N) is 1. The number of amides is 1. The maximum atomic E-state index is 11.3. The molecule has 0 aromatic heterocycles. The lowest BCUT2D eigenvalue weighted by Gasteiger charge is -2.19. The van der Waals surface area contributed by atoms with Gasteiger partial charge in [0, 0.05) is 0 Å². The van der Waals surface area contributed by atoms with Crippen LogP contribution in [0.5, 0.6) is 0 Å². The van der Waals surface area contributed by atoms with E-state index in [-0.39, 0.29) is 11.6 Å². The molecule has 5 heteroatoms. The summed E-state index contributed by atoms with van der Waals surface area (Å²) in [6, 6.07) is 0. The molecular weight excluding hydrogens is 210 g/mol. The molecule has 90 valence electrons. The molecule has 0 aromatic rings. The number of carbonyl (C=O) groups is 2. The van der Waals surface area contributed by atoms with E-state index < -0.39 is 17.7 Å². The molecule has 0 heterocycles. The highest BCUT2D eigenvalue weighted by Gasteiger charge is 2.24. The van der Waals surface area contributed by atoms with E-state index in [2.05, 4.69) is 5.32 Å². The van der Waals surface area contributed by atoms with Gasteiger partial charge < -0.3 is 9.84 Å². The Morgan fingerprint density at radius 3 is 2.31 bits per heavy atom. The molecule has 1 amide bonds.